The van der Waals surface area contributed by atoms with Gasteiger partial charge in [-0.1, -0.05) is 12.1 Å². The number of carbonyl (C=O) groups excluding carboxylic acids is 1. The molecule has 0 bridgehead atoms. The Morgan fingerprint density at radius 2 is 2.05 bits per heavy atom. The lowest BCUT2D eigenvalue weighted by atomic mass is 10.0. The largest absolute Gasteiger partial charge is 0.491 e. The second-order valence-corrected chi connectivity index (χ2v) is 5.61. The lowest BCUT2D eigenvalue weighted by molar-refractivity contribution is -0.149. The van der Waals surface area contributed by atoms with E-state index in [4.69, 9.17) is 9.47 Å². The molecular weight excluding hydrogens is 286 g/mol. The van der Waals surface area contributed by atoms with E-state index in [1.54, 1.807) is 18.2 Å². The van der Waals surface area contributed by atoms with Crippen LogP contribution in [0.2, 0.25) is 0 Å². The predicted octanol–water partition coefficient (Wildman–Crippen LogP) is 1.62. The fraction of sp³-hybridized carbons (Fsp3) is 0.500. The Labute approximate surface area is 130 Å². The zero-order valence-electron chi connectivity index (χ0n) is 13.4. The Bertz CT molecular complexity index is 529. The van der Waals surface area contributed by atoms with Gasteiger partial charge in [0.1, 0.15) is 5.75 Å². The van der Waals surface area contributed by atoms with Gasteiger partial charge < -0.3 is 19.9 Å². The summed E-state index contributed by atoms with van der Waals surface area (Å²) in [6, 6.07) is 7.18. The van der Waals surface area contributed by atoms with Crippen LogP contribution in [-0.4, -0.2) is 42.3 Å². The van der Waals surface area contributed by atoms with Crippen molar-refractivity contribution in [2.75, 3.05) is 13.7 Å². The van der Waals surface area contributed by atoms with Crippen molar-refractivity contribution in [3.8, 4) is 5.75 Å². The maximum Gasteiger partial charge on any atom is 0.331 e. The highest BCUT2D eigenvalue weighted by Crippen LogP contribution is 2.16. The van der Waals surface area contributed by atoms with Crippen molar-refractivity contribution >= 4 is 11.9 Å². The third kappa shape index (κ3) is 5.37. The monoisotopic (exact) mass is 309 g/mol. The van der Waals surface area contributed by atoms with Crippen LogP contribution < -0.4 is 10.1 Å². The van der Waals surface area contributed by atoms with Gasteiger partial charge in [0.25, 0.3) is 0 Å². The molecular formula is C16H23NO5. The van der Waals surface area contributed by atoms with Crippen molar-refractivity contribution in [2.24, 2.45) is 0 Å². The summed E-state index contributed by atoms with van der Waals surface area (Å²) < 4.78 is 10.4. The minimum absolute atomic E-state index is 0.0427. The van der Waals surface area contributed by atoms with Crippen molar-refractivity contribution < 1.29 is 24.2 Å². The Morgan fingerprint density at radius 1 is 1.36 bits per heavy atom. The molecule has 1 unspecified atom stereocenters. The van der Waals surface area contributed by atoms with E-state index >= 15 is 0 Å². The van der Waals surface area contributed by atoms with E-state index in [-0.39, 0.29) is 25.0 Å². The number of hydrogen-bond acceptors (Lipinski definition) is 4. The van der Waals surface area contributed by atoms with Crippen LogP contribution in [0.3, 0.4) is 0 Å². The molecule has 1 aromatic rings. The van der Waals surface area contributed by atoms with Crippen LogP contribution in [0.5, 0.6) is 5.75 Å². The van der Waals surface area contributed by atoms with Gasteiger partial charge in [-0.3, -0.25) is 4.79 Å². The van der Waals surface area contributed by atoms with E-state index in [2.05, 4.69) is 5.32 Å². The fourth-order valence-corrected chi connectivity index (χ4v) is 1.98. The Balaban J connectivity index is 2.74. The van der Waals surface area contributed by atoms with Gasteiger partial charge in [0.2, 0.25) is 5.91 Å². The highest BCUT2D eigenvalue weighted by atomic mass is 16.5. The molecule has 6 heteroatoms. The second kappa shape index (κ2) is 7.79. The molecule has 0 heterocycles. The van der Waals surface area contributed by atoms with Crippen LogP contribution in [0.4, 0.5) is 0 Å². The molecule has 0 fully saturated rings. The summed E-state index contributed by atoms with van der Waals surface area (Å²) in [7, 11) is 1.39. The SMILES string of the molecule is COCC(C)(NC(=O)Cc1cccc(OC(C)C)c1)C(=O)O. The maximum atomic E-state index is 12.1. The van der Waals surface area contributed by atoms with E-state index in [1.807, 2.05) is 19.9 Å². The van der Waals surface area contributed by atoms with Crippen molar-refractivity contribution in [3.05, 3.63) is 29.8 Å². The number of methoxy groups -OCH3 is 1. The number of hydrogen-bond donors (Lipinski definition) is 2. The Kier molecular flexibility index (Phi) is 6.37. The summed E-state index contributed by atoms with van der Waals surface area (Å²) in [4.78, 5) is 23.3. The number of rotatable bonds is 8. The molecule has 0 aliphatic heterocycles. The van der Waals surface area contributed by atoms with E-state index < -0.39 is 11.5 Å². The molecule has 122 valence electrons. The minimum Gasteiger partial charge on any atom is -0.491 e. The highest BCUT2D eigenvalue weighted by molar-refractivity contribution is 5.87. The third-order valence-electron chi connectivity index (χ3n) is 2.96. The molecule has 0 saturated carbocycles. The Hall–Kier alpha value is -2.08. The summed E-state index contributed by atoms with van der Waals surface area (Å²) >= 11 is 0. The zero-order chi connectivity index (χ0) is 16.8. The van der Waals surface area contributed by atoms with Crippen LogP contribution in [0.15, 0.2) is 24.3 Å². The lowest BCUT2D eigenvalue weighted by Gasteiger charge is -2.25. The van der Waals surface area contributed by atoms with E-state index in [0.717, 1.165) is 5.56 Å². The summed E-state index contributed by atoms with van der Waals surface area (Å²) in [5.41, 5.74) is -0.696. The van der Waals surface area contributed by atoms with Crippen molar-refractivity contribution in [1.82, 2.24) is 5.32 Å². The summed E-state index contributed by atoms with van der Waals surface area (Å²) in [5, 5.41) is 11.7. The molecule has 1 rings (SSSR count). The first kappa shape index (κ1) is 18.0. The number of benzene rings is 1. The number of aliphatic carboxylic acids is 1. The van der Waals surface area contributed by atoms with Crippen LogP contribution in [-0.2, 0) is 20.7 Å². The van der Waals surface area contributed by atoms with Gasteiger partial charge in [-0.25, -0.2) is 4.79 Å². The first-order valence-electron chi connectivity index (χ1n) is 7.06. The van der Waals surface area contributed by atoms with Gasteiger partial charge in [0, 0.05) is 7.11 Å². The number of carboxylic acids is 1. The van der Waals surface area contributed by atoms with E-state index in [9.17, 15) is 14.7 Å². The minimum atomic E-state index is -1.45. The van der Waals surface area contributed by atoms with Crippen molar-refractivity contribution in [3.63, 3.8) is 0 Å². The maximum absolute atomic E-state index is 12.1. The van der Waals surface area contributed by atoms with E-state index in [0.29, 0.717) is 5.75 Å². The number of ether oxygens (including phenoxy) is 2. The van der Waals surface area contributed by atoms with Crippen LogP contribution in [0.1, 0.15) is 26.3 Å². The smallest absolute Gasteiger partial charge is 0.331 e. The molecule has 1 amide bonds. The molecule has 0 aliphatic rings. The quantitative estimate of drug-likeness (QED) is 0.762. The average molecular weight is 309 g/mol. The van der Waals surface area contributed by atoms with Crippen LogP contribution in [0, 0.1) is 0 Å². The van der Waals surface area contributed by atoms with Gasteiger partial charge in [0.05, 0.1) is 19.1 Å². The predicted molar refractivity (Wildman–Crippen MR) is 82.0 cm³/mol. The van der Waals surface area contributed by atoms with Crippen LogP contribution >= 0.6 is 0 Å². The van der Waals surface area contributed by atoms with Crippen LogP contribution in [0.25, 0.3) is 0 Å². The molecule has 0 radical (unpaired) electrons. The summed E-state index contributed by atoms with van der Waals surface area (Å²) in [6.45, 7) is 5.14. The molecule has 0 saturated heterocycles. The number of nitrogens with one attached hydrogen (secondary N) is 1. The fourth-order valence-electron chi connectivity index (χ4n) is 1.98. The molecule has 0 spiro atoms. The van der Waals surface area contributed by atoms with Gasteiger partial charge >= 0.3 is 5.97 Å². The van der Waals surface area contributed by atoms with Gasteiger partial charge in [-0.15, -0.1) is 0 Å². The molecule has 1 aromatic carbocycles. The normalized spacial score (nSPS) is 13.5. The van der Waals surface area contributed by atoms with Gasteiger partial charge in [-0.05, 0) is 38.5 Å². The summed E-state index contributed by atoms with van der Waals surface area (Å²) in [6.07, 6.45) is 0.114. The molecule has 2 N–H and O–H groups in total. The number of amides is 1. The third-order valence-corrected chi connectivity index (χ3v) is 2.96. The highest BCUT2D eigenvalue weighted by Gasteiger charge is 2.34. The summed E-state index contributed by atoms with van der Waals surface area (Å²) in [5.74, 6) is -0.846. The zero-order valence-corrected chi connectivity index (χ0v) is 13.4. The van der Waals surface area contributed by atoms with E-state index in [1.165, 1.54) is 14.0 Å². The lowest BCUT2D eigenvalue weighted by Crippen LogP contribution is -2.55. The first-order chi connectivity index (χ1) is 10.3. The molecule has 0 aromatic heterocycles. The average Bonchev–Trinajstić information content (AvgIpc) is 2.37. The second-order valence-electron chi connectivity index (χ2n) is 5.61. The molecule has 1 atom stereocenters. The first-order valence-corrected chi connectivity index (χ1v) is 7.06. The Morgan fingerprint density at radius 3 is 2.59 bits per heavy atom. The van der Waals surface area contributed by atoms with Gasteiger partial charge in [-0.2, -0.15) is 0 Å². The molecule has 22 heavy (non-hydrogen) atoms. The molecule has 6 nitrogen and oxygen atoms in total. The topological polar surface area (TPSA) is 84.9 Å². The molecule has 0 aliphatic carbocycles. The number of carboxylic acid groups (broad SMARTS) is 1. The van der Waals surface area contributed by atoms with Gasteiger partial charge in [0.15, 0.2) is 5.54 Å². The standard InChI is InChI=1S/C16H23NO5/c1-11(2)22-13-7-5-6-12(8-13)9-14(18)17-16(3,10-21-4)15(19)20/h5-8,11H,9-10H2,1-4H3,(H,17,18)(H,19,20). The van der Waals surface area contributed by atoms with Crippen molar-refractivity contribution in [2.45, 2.75) is 38.8 Å². The van der Waals surface area contributed by atoms with Crippen molar-refractivity contribution in [1.29, 1.82) is 0 Å². The number of carbonyl (C=O) groups is 2.